The molecule has 0 aliphatic heterocycles. The SMILES string of the molecule is CSc1ccc(-c2ccc(C(F)(F)F)cc2)c2ccc(C(=O)NC(C)C)cc12. The van der Waals surface area contributed by atoms with E-state index in [1.165, 1.54) is 12.1 Å². The minimum Gasteiger partial charge on any atom is -0.350 e. The van der Waals surface area contributed by atoms with Crippen LogP contribution in [0.1, 0.15) is 29.8 Å². The third-order valence-electron chi connectivity index (χ3n) is 4.40. The molecule has 1 amide bonds. The van der Waals surface area contributed by atoms with E-state index in [9.17, 15) is 18.0 Å². The molecule has 0 aliphatic carbocycles. The maximum absolute atomic E-state index is 12.8. The lowest BCUT2D eigenvalue weighted by atomic mass is 9.96. The van der Waals surface area contributed by atoms with Gasteiger partial charge in [0, 0.05) is 16.5 Å². The summed E-state index contributed by atoms with van der Waals surface area (Å²) in [5, 5.41) is 4.68. The molecule has 0 fully saturated rings. The molecule has 6 heteroatoms. The summed E-state index contributed by atoms with van der Waals surface area (Å²) in [6.45, 7) is 3.80. The van der Waals surface area contributed by atoms with Crippen LogP contribution >= 0.6 is 11.8 Å². The molecule has 0 saturated heterocycles. The monoisotopic (exact) mass is 403 g/mol. The molecule has 0 saturated carbocycles. The summed E-state index contributed by atoms with van der Waals surface area (Å²) in [7, 11) is 0. The predicted octanol–water partition coefficient (Wildman–Crippen LogP) is 6.39. The van der Waals surface area contributed by atoms with Crippen LogP contribution in [-0.2, 0) is 6.18 Å². The van der Waals surface area contributed by atoms with Gasteiger partial charge in [0.25, 0.3) is 5.91 Å². The van der Waals surface area contributed by atoms with Crippen molar-refractivity contribution in [1.29, 1.82) is 0 Å². The molecule has 0 spiro atoms. The first-order valence-corrected chi connectivity index (χ1v) is 10.0. The number of benzene rings is 3. The second-order valence-corrected chi connectivity index (χ2v) is 7.63. The van der Waals surface area contributed by atoms with Crippen LogP contribution in [-0.4, -0.2) is 18.2 Å². The third kappa shape index (κ3) is 4.17. The van der Waals surface area contributed by atoms with Crippen LogP contribution in [0.25, 0.3) is 21.9 Å². The maximum atomic E-state index is 12.8. The Morgan fingerprint density at radius 2 is 1.64 bits per heavy atom. The highest BCUT2D eigenvalue weighted by Gasteiger charge is 2.30. The highest BCUT2D eigenvalue weighted by atomic mass is 32.2. The van der Waals surface area contributed by atoms with Gasteiger partial charge in [0.1, 0.15) is 0 Å². The van der Waals surface area contributed by atoms with Crippen LogP contribution in [0.2, 0.25) is 0 Å². The second kappa shape index (κ2) is 7.87. The minimum absolute atomic E-state index is 0.0294. The third-order valence-corrected chi connectivity index (χ3v) is 5.20. The zero-order chi connectivity index (χ0) is 20.5. The normalized spacial score (nSPS) is 11.8. The van der Waals surface area contributed by atoms with Crippen molar-refractivity contribution >= 4 is 28.4 Å². The van der Waals surface area contributed by atoms with E-state index >= 15 is 0 Å². The minimum atomic E-state index is -4.36. The summed E-state index contributed by atoms with van der Waals surface area (Å²) in [4.78, 5) is 13.4. The molecule has 28 heavy (non-hydrogen) atoms. The van der Waals surface area contributed by atoms with Crippen LogP contribution in [0.3, 0.4) is 0 Å². The van der Waals surface area contributed by atoms with Crippen molar-refractivity contribution in [2.45, 2.75) is 31.0 Å². The molecular weight excluding hydrogens is 383 g/mol. The molecule has 0 radical (unpaired) electrons. The smallest absolute Gasteiger partial charge is 0.350 e. The summed E-state index contributed by atoms with van der Waals surface area (Å²) in [5.74, 6) is -0.149. The molecule has 2 nitrogen and oxygen atoms in total. The number of carbonyl (C=O) groups is 1. The van der Waals surface area contributed by atoms with E-state index in [1.54, 1.807) is 17.8 Å². The number of rotatable bonds is 4. The second-order valence-electron chi connectivity index (χ2n) is 6.78. The quantitative estimate of drug-likeness (QED) is 0.512. The van der Waals surface area contributed by atoms with E-state index in [-0.39, 0.29) is 11.9 Å². The number of alkyl halides is 3. The van der Waals surface area contributed by atoms with Gasteiger partial charge in [0.15, 0.2) is 0 Å². The largest absolute Gasteiger partial charge is 0.416 e. The van der Waals surface area contributed by atoms with Crippen molar-refractivity contribution in [1.82, 2.24) is 5.32 Å². The van der Waals surface area contributed by atoms with Crippen molar-refractivity contribution in [2.24, 2.45) is 0 Å². The van der Waals surface area contributed by atoms with Crippen LogP contribution in [0.4, 0.5) is 13.2 Å². The Balaban J connectivity index is 2.11. The summed E-state index contributed by atoms with van der Waals surface area (Å²) in [6.07, 6.45) is -2.41. The molecule has 0 unspecified atom stereocenters. The first-order valence-electron chi connectivity index (χ1n) is 8.80. The predicted molar refractivity (Wildman–Crippen MR) is 109 cm³/mol. The van der Waals surface area contributed by atoms with Crippen molar-refractivity contribution in [3.05, 3.63) is 65.7 Å². The number of thioether (sulfide) groups is 1. The molecule has 146 valence electrons. The highest BCUT2D eigenvalue weighted by Crippen LogP contribution is 2.36. The lowest BCUT2D eigenvalue weighted by molar-refractivity contribution is -0.137. The summed E-state index contributed by atoms with van der Waals surface area (Å²) >= 11 is 1.56. The van der Waals surface area contributed by atoms with Gasteiger partial charge in [0.05, 0.1) is 5.56 Å². The van der Waals surface area contributed by atoms with Crippen LogP contribution in [0.5, 0.6) is 0 Å². The average Bonchev–Trinajstić information content (AvgIpc) is 2.65. The van der Waals surface area contributed by atoms with Crippen molar-refractivity contribution in [2.75, 3.05) is 6.26 Å². The number of hydrogen-bond donors (Lipinski definition) is 1. The van der Waals surface area contributed by atoms with Gasteiger partial charge >= 0.3 is 6.18 Å². The Morgan fingerprint density at radius 1 is 0.964 bits per heavy atom. The van der Waals surface area contributed by atoms with Gasteiger partial charge in [-0.15, -0.1) is 11.8 Å². The standard InChI is InChI=1S/C22H20F3NOS/c1-13(2)26-21(27)15-6-9-18-17(10-11-20(28-3)19(18)12-15)14-4-7-16(8-5-14)22(23,24)25/h4-13H,1-3H3,(H,26,27). The number of amides is 1. The molecule has 0 aromatic heterocycles. The van der Waals surface area contributed by atoms with Gasteiger partial charge in [-0.05, 0) is 72.3 Å². The fourth-order valence-corrected chi connectivity index (χ4v) is 3.67. The molecule has 0 bridgehead atoms. The lowest BCUT2D eigenvalue weighted by Gasteiger charge is -2.14. The zero-order valence-electron chi connectivity index (χ0n) is 15.7. The maximum Gasteiger partial charge on any atom is 0.416 e. The summed E-state index contributed by atoms with van der Waals surface area (Å²) < 4.78 is 38.5. The highest BCUT2D eigenvalue weighted by molar-refractivity contribution is 7.98. The summed E-state index contributed by atoms with van der Waals surface area (Å²) in [5.41, 5.74) is 1.41. The number of nitrogens with one attached hydrogen (secondary N) is 1. The van der Waals surface area contributed by atoms with Crippen molar-refractivity contribution < 1.29 is 18.0 Å². The topological polar surface area (TPSA) is 29.1 Å². The molecular formula is C22H20F3NOS. The molecule has 3 aromatic carbocycles. The molecule has 0 heterocycles. The van der Waals surface area contributed by atoms with E-state index in [4.69, 9.17) is 0 Å². The Hall–Kier alpha value is -2.47. The lowest BCUT2D eigenvalue weighted by Crippen LogP contribution is -2.29. The van der Waals surface area contributed by atoms with Gasteiger partial charge in [-0.2, -0.15) is 13.2 Å². The van der Waals surface area contributed by atoms with Crippen LogP contribution in [0, 0.1) is 0 Å². The number of fused-ring (bicyclic) bond motifs is 1. The number of halogens is 3. The fraction of sp³-hybridized carbons (Fsp3) is 0.227. The van der Waals surface area contributed by atoms with Gasteiger partial charge in [-0.25, -0.2) is 0 Å². The molecule has 0 aliphatic rings. The van der Waals surface area contributed by atoms with E-state index in [1.807, 2.05) is 44.4 Å². The molecule has 0 atom stereocenters. The Bertz CT molecular complexity index is 1010. The van der Waals surface area contributed by atoms with Crippen LogP contribution in [0.15, 0.2) is 59.5 Å². The zero-order valence-corrected chi connectivity index (χ0v) is 16.5. The van der Waals surface area contributed by atoms with Gasteiger partial charge in [0.2, 0.25) is 0 Å². The number of hydrogen-bond acceptors (Lipinski definition) is 2. The summed E-state index contributed by atoms with van der Waals surface area (Å²) in [6, 6.07) is 14.5. The Kier molecular flexibility index (Phi) is 5.70. The average molecular weight is 403 g/mol. The molecule has 1 N–H and O–H groups in total. The molecule has 3 aromatic rings. The first kappa shape index (κ1) is 20.3. The van der Waals surface area contributed by atoms with E-state index in [2.05, 4.69) is 5.32 Å². The van der Waals surface area contributed by atoms with E-state index in [0.717, 1.165) is 33.4 Å². The van der Waals surface area contributed by atoms with E-state index in [0.29, 0.717) is 11.1 Å². The van der Waals surface area contributed by atoms with E-state index < -0.39 is 11.7 Å². The number of carbonyl (C=O) groups excluding carboxylic acids is 1. The van der Waals surface area contributed by atoms with Gasteiger partial charge in [-0.1, -0.05) is 24.3 Å². The first-order chi connectivity index (χ1) is 13.2. The van der Waals surface area contributed by atoms with Crippen molar-refractivity contribution in [3.63, 3.8) is 0 Å². The van der Waals surface area contributed by atoms with Gasteiger partial charge in [-0.3, -0.25) is 4.79 Å². The van der Waals surface area contributed by atoms with Crippen LogP contribution < -0.4 is 5.32 Å². The van der Waals surface area contributed by atoms with Gasteiger partial charge < -0.3 is 5.32 Å². The Morgan fingerprint density at radius 3 is 2.21 bits per heavy atom. The fourth-order valence-electron chi connectivity index (χ4n) is 3.08. The Labute approximate surface area is 166 Å². The van der Waals surface area contributed by atoms with Crippen molar-refractivity contribution in [3.8, 4) is 11.1 Å². The molecule has 3 rings (SSSR count).